The van der Waals surface area contributed by atoms with Gasteiger partial charge in [0.1, 0.15) is 11.8 Å². The molecular weight excluding hydrogens is 574 g/mol. The number of benzene rings is 3. The van der Waals surface area contributed by atoms with Crippen LogP contribution in [-0.2, 0) is 32.5 Å². The third-order valence-corrected chi connectivity index (χ3v) is 9.46. The Bertz CT molecular complexity index is 1430. The SMILES string of the molecule is COc1ccc(CC(=O)N[C@@H](Cc2ccccc2)C(=O)NCCCC[C@@H](C)N(CC(C)C)S(=O)(=O)c2ccc(C)cc2)cc1. The van der Waals surface area contributed by atoms with Gasteiger partial charge in [-0.1, -0.05) is 80.4 Å². The van der Waals surface area contributed by atoms with Crippen molar-refractivity contribution in [3.8, 4) is 5.75 Å². The maximum atomic E-state index is 13.5. The van der Waals surface area contributed by atoms with Gasteiger partial charge in [-0.3, -0.25) is 9.59 Å². The molecule has 3 aromatic rings. The van der Waals surface area contributed by atoms with E-state index < -0.39 is 16.1 Å². The number of carbonyl (C=O) groups excluding carboxylic acids is 2. The van der Waals surface area contributed by atoms with Gasteiger partial charge in [0.05, 0.1) is 18.4 Å². The number of methoxy groups -OCH3 is 1. The van der Waals surface area contributed by atoms with Gasteiger partial charge in [-0.2, -0.15) is 4.31 Å². The summed E-state index contributed by atoms with van der Waals surface area (Å²) >= 11 is 0. The molecule has 0 saturated heterocycles. The van der Waals surface area contributed by atoms with Crippen molar-refractivity contribution < 1.29 is 22.7 Å². The molecule has 0 aliphatic rings. The summed E-state index contributed by atoms with van der Waals surface area (Å²) in [6.07, 6.45) is 2.62. The summed E-state index contributed by atoms with van der Waals surface area (Å²) in [6, 6.07) is 22.9. The number of sulfonamides is 1. The molecule has 0 aromatic heterocycles. The molecule has 0 aliphatic carbocycles. The van der Waals surface area contributed by atoms with Gasteiger partial charge < -0.3 is 15.4 Å². The Morgan fingerprint density at radius 2 is 1.52 bits per heavy atom. The molecule has 9 heteroatoms. The first-order chi connectivity index (χ1) is 21.0. The highest BCUT2D eigenvalue weighted by atomic mass is 32.2. The number of rotatable bonds is 17. The minimum Gasteiger partial charge on any atom is -0.497 e. The van der Waals surface area contributed by atoms with Crippen LogP contribution >= 0.6 is 0 Å². The highest BCUT2D eigenvalue weighted by Crippen LogP contribution is 2.23. The van der Waals surface area contributed by atoms with Gasteiger partial charge in [0.15, 0.2) is 0 Å². The number of nitrogens with zero attached hydrogens (tertiary/aromatic N) is 1. The fraction of sp³-hybridized carbons (Fsp3) is 0.429. The van der Waals surface area contributed by atoms with E-state index in [-0.39, 0.29) is 30.2 Å². The Hall–Kier alpha value is -3.69. The number of hydrogen-bond donors (Lipinski definition) is 2. The average molecular weight is 622 g/mol. The second-order valence-electron chi connectivity index (χ2n) is 11.8. The van der Waals surface area contributed by atoms with Crippen molar-refractivity contribution in [2.45, 2.75) is 76.8 Å². The Kier molecular flexibility index (Phi) is 13.4. The van der Waals surface area contributed by atoms with Crippen LogP contribution in [0.3, 0.4) is 0 Å². The lowest BCUT2D eigenvalue weighted by molar-refractivity contribution is -0.128. The van der Waals surface area contributed by atoms with Crippen LogP contribution in [0.1, 0.15) is 56.7 Å². The molecule has 238 valence electrons. The van der Waals surface area contributed by atoms with Gasteiger partial charge >= 0.3 is 0 Å². The van der Waals surface area contributed by atoms with Crippen molar-refractivity contribution in [1.82, 2.24) is 14.9 Å². The smallest absolute Gasteiger partial charge is 0.243 e. The van der Waals surface area contributed by atoms with Crippen molar-refractivity contribution in [2.24, 2.45) is 5.92 Å². The number of hydrogen-bond acceptors (Lipinski definition) is 5. The summed E-state index contributed by atoms with van der Waals surface area (Å²) in [7, 11) is -2.04. The van der Waals surface area contributed by atoms with Crippen LogP contribution in [0.5, 0.6) is 5.75 Å². The van der Waals surface area contributed by atoms with Gasteiger partial charge in [-0.15, -0.1) is 0 Å². The first-order valence-electron chi connectivity index (χ1n) is 15.3. The number of carbonyl (C=O) groups is 2. The fourth-order valence-corrected chi connectivity index (χ4v) is 6.82. The van der Waals surface area contributed by atoms with E-state index in [2.05, 4.69) is 10.6 Å². The summed E-state index contributed by atoms with van der Waals surface area (Å²) in [4.78, 5) is 26.4. The van der Waals surface area contributed by atoms with E-state index in [1.54, 1.807) is 35.7 Å². The molecule has 2 amide bonds. The second kappa shape index (κ2) is 17.0. The maximum Gasteiger partial charge on any atom is 0.243 e. The van der Waals surface area contributed by atoms with E-state index in [1.165, 1.54) is 0 Å². The van der Waals surface area contributed by atoms with Gasteiger partial charge in [-0.25, -0.2) is 8.42 Å². The van der Waals surface area contributed by atoms with E-state index >= 15 is 0 Å². The Labute approximate surface area is 263 Å². The lowest BCUT2D eigenvalue weighted by atomic mass is 10.0. The van der Waals surface area contributed by atoms with Crippen LogP contribution in [0, 0.1) is 12.8 Å². The topological polar surface area (TPSA) is 105 Å². The molecule has 0 bridgehead atoms. The van der Waals surface area contributed by atoms with Crippen molar-refractivity contribution in [1.29, 1.82) is 0 Å². The van der Waals surface area contributed by atoms with E-state index in [9.17, 15) is 18.0 Å². The van der Waals surface area contributed by atoms with E-state index in [4.69, 9.17) is 4.74 Å². The van der Waals surface area contributed by atoms with Gasteiger partial charge in [-0.05, 0) is 68.0 Å². The van der Waals surface area contributed by atoms with E-state index in [0.717, 1.165) is 23.1 Å². The van der Waals surface area contributed by atoms with Gasteiger partial charge in [0, 0.05) is 25.6 Å². The third kappa shape index (κ3) is 10.8. The van der Waals surface area contributed by atoms with Gasteiger partial charge in [0.25, 0.3) is 0 Å². The number of aryl methyl sites for hydroxylation is 1. The van der Waals surface area contributed by atoms with Crippen molar-refractivity contribution in [2.75, 3.05) is 20.2 Å². The standard InChI is InChI=1S/C35H47N3O5S/c1-26(2)25-38(44(41,42)32-20-14-27(3)15-21-32)28(4)11-9-10-22-36-35(40)33(23-29-12-7-6-8-13-29)37-34(39)24-30-16-18-31(43-5)19-17-30/h6-8,12-21,26,28,33H,9-11,22-25H2,1-5H3,(H,36,40)(H,37,39)/t28-,33+/m1/s1. The molecule has 3 rings (SSSR count). The largest absolute Gasteiger partial charge is 0.497 e. The van der Waals surface area contributed by atoms with Crippen LogP contribution in [0.15, 0.2) is 83.8 Å². The first kappa shape index (κ1) is 34.8. The molecule has 0 heterocycles. The molecule has 3 aromatic carbocycles. The lowest BCUT2D eigenvalue weighted by Crippen LogP contribution is -2.48. The molecule has 0 spiro atoms. The summed E-state index contributed by atoms with van der Waals surface area (Å²) < 4.78 is 33.8. The monoisotopic (exact) mass is 621 g/mol. The predicted molar refractivity (Wildman–Crippen MR) is 175 cm³/mol. The Balaban J connectivity index is 1.55. The normalized spacial score (nSPS) is 13.0. The lowest BCUT2D eigenvalue weighted by Gasteiger charge is -2.30. The number of nitrogens with one attached hydrogen (secondary N) is 2. The highest BCUT2D eigenvalue weighted by molar-refractivity contribution is 7.89. The van der Waals surface area contributed by atoms with Crippen LogP contribution in [0.2, 0.25) is 0 Å². The number of unbranched alkanes of at least 4 members (excludes halogenated alkanes) is 1. The quantitative estimate of drug-likeness (QED) is 0.199. The molecule has 0 fully saturated rings. The van der Waals surface area contributed by atoms with Gasteiger partial charge in [0.2, 0.25) is 21.8 Å². The summed E-state index contributed by atoms with van der Waals surface area (Å²) in [5, 5.41) is 5.90. The summed E-state index contributed by atoms with van der Waals surface area (Å²) in [6.45, 7) is 8.78. The molecule has 44 heavy (non-hydrogen) atoms. The van der Waals surface area contributed by atoms with Crippen LogP contribution in [0.4, 0.5) is 0 Å². The van der Waals surface area contributed by atoms with E-state index in [0.29, 0.717) is 43.0 Å². The molecule has 0 saturated carbocycles. The van der Waals surface area contributed by atoms with Crippen LogP contribution in [-0.4, -0.2) is 56.8 Å². The molecule has 8 nitrogen and oxygen atoms in total. The fourth-order valence-electron chi connectivity index (χ4n) is 5.00. The Morgan fingerprint density at radius 1 is 0.864 bits per heavy atom. The van der Waals surface area contributed by atoms with Crippen LogP contribution < -0.4 is 15.4 Å². The number of amides is 2. The van der Waals surface area contributed by atoms with Crippen molar-refractivity contribution in [3.63, 3.8) is 0 Å². The van der Waals surface area contributed by atoms with Crippen molar-refractivity contribution >= 4 is 21.8 Å². The maximum absolute atomic E-state index is 13.5. The molecular formula is C35H47N3O5S. The third-order valence-electron chi connectivity index (χ3n) is 7.47. The minimum atomic E-state index is -3.63. The molecule has 2 atom stereocenters. The molecule has 0 unspecified atom stereocenters. The summed E-state index contributed by atoms with van der Waals surface area (Å²) in [5.41, 5.74) is 2.79. The molecule has 2 N–H and O–H groups in total. The Morgan fingerprint density at radius 3 is 2.14 bits per heavy atom. The highest BCUT2D eigenvalue weighted by Gasteiger charge is 2.29. The van der Waals surface area contributed by atoms with E-state index in [1.807, 2.05) is 82.3 Å². The zero-order valence-corrected chi connectivity index (χ0v) is 27.4. The first-order valence-corrected chi connectivity index (χ1v) is 16.8. The number of ether oxygens (including phenoxy) is 1. The summed E-state index contributed by atoms with van der Waals surface area (Å²) in [5.74, 6) is 0.414. The zero-order valence-electron chi connectivity index (χ0n) is 26.6. The molecule has 0 radical (unpaired) electrons. The second-order valence-corrected chi connectivity index (χ2v) is 13.6. The van der Waals surface area contributed by atoms with Crippen molar-refractivity contribution in [3.05, 3.63) is 95.6 Å². The zero-order chi connectivity index (χ0) is 32.1. The van der Waals surface area contributed by atoms with Crippen LogP contribution in [0.25, 0.3) is 0 Å². The predicted octanol–water partition coefficient (Wildman–Crippen LogP) is 5.30. The minimum absolute atomic E-state index is 0.152. The molecule has 0 aliphatic heterocycles. The average Bonchev–Trinajstić information content (AvgIpc) is 3.00.